The molecule has 0 saturated carbocycles. The standard InChI is InChI=1S/C29H33FN6O3/c1-6-29(2,3)36-27(32-33-34-36)26(35-13-11-19(12-14-35)18-7-9-21(30)10-8-18)22-15-20-16-24(38-4)25(39-5)17-23(20)31-28(22)37/h7-11,15-17,26H,6,12-14H2,1-5H3,(H,31,37). The van der Waals surface area contributed by atoms with Crippen LogP contribution in [-0.2, 0) is 5.54 Å². The molecule has 5 rings (SSSR count). The molecule has 1 aliphatic heterocycles. The second kappa shape index (κ2) is 10.6. The van der Waals surface area contributed by atoms with Crippen molar-refractivity contribution < 1.29 is 13.9 Å². The average molecular weight is 533 g/mol. The van der Waals surface area contributed by atoms with Gasteiger partial charge in [-0.15, -0.1) is 5.10 Å². The van der Waals surface area contributed by atoms with E-state index in [1.54, 1.807) is 32.4 Å². The van der Waals surface area contributed by atoms with Gasteiger partial charge in [-0.25, -0.2) is 9.07 Å². The highest BCUT2D eigenvalue weighted by atomic mass is 19.1. The predicted molar refractivity (Wildman–Crippen MR) is 148 cm³/mol. The van der Waals surface area contributed by atoms with E-state index < -0.39 is 6.04 Å². The number of halogens is 1. The topological polar surface area (TPSA) is 98.2 Å². The van der Waals surface area contributed by atoms with Gasteiger partial charge < -0.3 is 14.5 Å². The predicted octanol–water partition coefficient (Wildman–Crippen LogP) is 4.69. The van der Waals surface area contributed by atoms with Crippen molar-refractivity contribution in [3.63, 3.8) is 0 Å². The Morgan fingerprint density at radius 2 is 1.82 bits per heavy atom. The van der Waals surface area contributed by atoms with Gasteiger partial charge in [0.1, 0.15) is 11.9 Å². The summed E-state index contributed by atoms with van der Waals surface area (Å²) < 4.78 is 26.2. The Balaban J connectivity index is 1.63. The minimum atomic E-state index is -0.502. The molecule has 1 N–H and O–H groups in total. The number of nitrogens with zero attached hydrogens (tertiary/aromatic N) is 5. The molecule has 4 aromatic rings. The highest BCUT2D eigenvalue weighted by Gasteiger charge is 2.35. The van der Waals surface area contributed by atoms with E-state index >= 15 is 0 Å². The Bertz CT molecular complexity index is 1570. The number of H-pyrrole nitrogens is 1. The van der Waals surface area contributed by atoms with Gasteiger partial charge in [0.2, 0.25) is 0 Å². The summed E-state index contributed by atoms with van der Waals surface area (Å²) in [5, 5.41) is 13.6. The van der Waals surface area contributed by atoms with Gasteiger partial charge in [-0.2, -0.15) is 0 Å². The summed E-state index contributed by atoms with van der Waals surface area (Å²) in [6.07, 6.45) is 3.67. The molecule has 0 amide bonds. The molecule has 1 aliphatic rings. The zero-order valence-electron chi connectivity index (χ0n) is 22.9. The lowest BCUT2D eigenvalue weighted by atomic mass is 9.95. The lowest BCUT2D eigenvalue weighted by molar-refractivity contribution is 0.211. The zero-order chi connectivity index (χ0) is 27.7. The summed E-state index contributed by atoms with van der Waals surface area (Å²) in [4.78, 5) is 18.9. The molecule has 10 heteroatoms. The smallest absolute Gasteiger partial charge is 0.253 e. The Morgan fingerprint density at radius 1 is 1.10 bits per heavy atom. The molecule has 204 valence electrons. The number of tetrazole rings is 1. The highest BCUT2D eigenvalue weighted by molar-refractivity contribution is 5.83. The van der Waals surface area contributed by atoms with Crippen molar-refractivity contribution in [3.05, 3.63) is 81.7 Å². The van der Waals surface area contributed by atoms with Gasteiger partial charge in [0.15, 0.2) is 17.3 Å². The van der Waals surface area contributed by atoms with Gasteiger partial charge in [0, 0.05) is 30.1 Å². The quantitative estimate of drug-likeness (QED) is 0.351. The van der Waals surface area contributed by atoms with Crippen LogP contribution in [0.15, 0.2) is 53.3 Å². The van der Waals surface area contributed by atoms with Gasteiger partial charge >= 0.3 is 0 Å². The number of fused-ring (bicyclic) bond motifs is 1. The van der Waals surface area contributed by atoms with E-state index in [1.165, 1.54) is 12.1 Å². The number of benzene rings is 2. The van der Waals surface area contributed by atoms with E-state index in [-0.39, 0.29) is 16.9 Å². The highest BCUT2D eigenvalue weighted by Crippen LogP contribution is 2.36. The third-order valence-corrected chi connectivity index (χ3v) is 7.67. The molecule has 2 aromatic carbocycles. The van der Waals surface area contributed by atoms with E-state index in [4.69, 9.17) is 9.47 Å². The Labute approximate surface area is 226 Å². The number of ether oxygens (including phenoxy) is 2. The molecular weight excluding hydrogens is 499 g/mol. The molecule has 0 aliphatic carbocycles. The summed E-state index contributed by atoms with van der Waals surface area (Å²) in [7, 11) is 3.14. The van der Waals surface area contributed by atoms with Crippen LogP contribution in [0.25, 0.3) is 16.5 Å². The van der Waals surface area contributed by atoms with Crippen LogP contribution in [0.1, 0.15) is 56.6 Å². The second-order valence-electron chi connectivity index (χ2n) is 10.3. The normalized spacial score (nSPS) is 15.3. The van der Waals surface area contributed by atoms with Crippen LogP contribution in [0.2, 0.25) is 0 Å². The minimum absolute atomic E-state index is 0.225. The van der Waals surface area contributed by atoms with Crippen LogP contribution < -0.4 is 15.0 Å². The Hall–Kier alpha value is -4.05. The van der Waals surface area contributed by atoms with Gasteiger partial charge in [-0.1, -0.05) is 25.1 Å². The van der Waals surface area contributed by atoms with Gasteiger partial charge in [0.05, 0.1) is 25.3 Å². The number of nitrogens with one attached hydrogen (secondary N) is 1. The molecule has 9 nitrogen and oxygen atoms in total. The van der Waals surface area contributed by atoms with Crippen molar-refractivity contribution in [2.45, 2.75) is 45.2 Å². The fraction of sp³-hybridized carbons (Fsp3) is 0.379. The van der Waals surface area contributed by atoms with E-state index in [2.05, 4.69) is 52.3 Å². The van der Waals surface area contributed by atoms with E-state index in [1.807, 2.05) is 16.8 Å². The van der Waals surface area contributed by atoms with Gasteiger partial charge in [-0.05, 0) is 72.5 Å². The largest absolute Gasteiger partial charge is 0.493 e. The molecule has 0 bridgehead atoms. The summed E-state index contributed by atoms with van der Waals surface area (Å²) >= 11 is 0. The first-order valence-electron chi connectivity index (χ1n) is 13.0. The SMILES string of the molecule is CCC(C)(C)n1nnnc1C(c1cc2cc(OC)c(OC)cc2[nH]c1=O)N1CC=C(c2ccc(F)cc2)CC1. The first-order chi connectivity index (χ1) is 18.7. The maximum absolute atomic E-state index is 13.6. The molecule has 2 aromatic heterocycles. The molecule has 1 atom stereocenters. The third-order valence-electron chi connectivity index (χ3n) is 7.67. The third kappa shape index (κ3) is 5.04. The maximum Gasteiger partial charge on any atom is 0.253 e. The molecule has 39 heavy (non-hydrogen) atoms. The molecule has 0 fully saturated rings. The number of aromatic nitrogens is 5. The van der Waals surface area contributed by atoms with Crippen LogP contribution in [0.4, 0.5) is 4.39 Å². The first kappa shape index (κ1) is 26.6. The second-order valence-corrected chi connectivity index (χ2v) is 10.3. The first-order valence-corrected chi connectivity index (χ1v) is 13.0. The summed E-state index contributed by atoms with van der Waals surface area (Å²) in [6.45, 7) is 7.47. The van der Waals surface area contributed by atoms with Crippen LogP contribution in [0, 0.1) is 5.82 Å². The number of hydrogen-bond donors (Lipinski definition) is 1. The summed E-state index contributed by atoms with van der Waals surface area (Å²) in [5.41, 5.74) is 2.73. The van der Waals surface area contributed by atoms with Crippen molar-refractivity contribution in [3.8, 4) is 11.5 Å². The molecule has 0 saturated heterocycles. The van der Waals surface area contributed by atoms with E-state index in [0.717, 1.165) is 29.4 Å². The summed E-state index contributed by atoms with van der Waals surface area (Å²) in [5.74, 6) is 1.45. The van der Waals surface area contributed by atoms with Crippen molar-refractivity contribution in [2.75, 3.05) is 27.3 Å². The fourth-order valence-electron chi connectivity index (χ4n) is 5.04. The number of pyridine rings is 1. The fourth-order valence-corrected chi connectivity index (χ4v) is 5.04. The lowest BCUT2D eigenvalue weighted by Crippen LogP contribution is -2.40. The van der Waals surface area contributed by atoms with Crippen LogP contribution in [0.5, 0.6) is 11.5 Å². The minimum Gasteiger partial charge on any atom is -0.493 e. The maximum atomic E-state index is 13.6. The van der Waals surface area contributed by atoms with E-state index in [0.29, 0.717) is 41.5 Å². The number of rotatable bonds is 8. The molecule has 0 radical (unpaired) electrons. The summed E-state index contributed by atoms with van der Waals surface area (Å²) in [6, 6.07) is 11.6. The lowest BCUT2D eigenvalue weighted by Gasteiger charge is -2.35. The molecule has 1 unspecified atom stereocenters. The van der Waals surface area contributed by atoms with Crippen molar-refractivity contribution in [2.24, 2.45) is 0 Å². The Kier molecular flexibility index (Phi) is 7.22. The van der Waals surface area contributed by atoms with Crippen LogP contribution in [0.3, 0.4) is 0 Å². The number of aromatic amines is 1. The molecule has 0 spiro atoms. The average Bonchev–Trinajstić information content (AvgIpc) is 3.44. The Morgan fingerprint density at radius 3 is 2.46 bits per heavy atom. The van der Waals surface area contributed by atoms with Crippen molar-refractivity contribution in [1.29, 1.82) is 0 Å². The van der Waals surface area contributed by atoms with Crippen molar-refractivity contribution in [1.82, 2.24) is 30.1 Å². The van der Waals surface area contributed by atoms with Crippen LogP contribution in [-0.4, -0.2) is 57.4 Å². The monoisotopic (exact) mass is 532 g/mol. The zero-order valence-corrected chi connectivity index (χ0v) is 22.9. The van der Waals surface area contributed by atoms with Crippen LogP contribution >= 0.6 is 0 Å². The number of methoxy groups -OCH3 is 2. The molecule has 3 heterocycles. The molecular formula is C29H33FN6O3. The van der Waals surface area contributed by atoms with Gasteiger partial charge in [-0.3, -0.25) is 9.69 Å². The van der Waals surface area contributed by atoms with Gasteiger partial charge in [0.25, 0.3) is 5.56 Å². The number of hydrogen-bond acceptors (Lipinski definition) is 7. The van der Waals surface area contributed by atoms with Crippen molar-refractivity contribution >= 4 is 16.5 Å². The van der Waals surface area contributed by atoms with E-state index in [9.17, 15) is 9.18 Å².